The number of amides is 2. The molecule has 1 aliphatic rings. The molecule has 1 aromatic rings. The van der Waals surface area contributed by atoms with Crippen LogP contribution in [-0.4, -0.2) is 56.0 Å². The quantitative estimate of drug-likeness (QED) is 0.690. The van der Waals surface area contributed by atoms with Gasteiger partial charge in [-0.2, -0.15) is 0 Å². The van der Waals surface area contributed by atoms with Crippen LogP contribution in [0.25, 0.3) is 0 Å². The van der Waals surface area contributed by atoms with Crippen LogP contribution in [0.2, 0.25) is 0 Å². The van der Waals surface area contributed by atoms with E-state index < -0.39 is 6.04 Å². The van der Waals surface area contributed by atoms with Gasteiger partial charge in [0.25, 0.3) is 5.91 Å². The zero-order chi connectivity index (χ0) is 19.8. The summed E-state index contributed by atoms with van der Waals surface area (Å²) < 4.78 is 5.41. The van der Waals surface area contributed by atoms with E-state index in [1.54, 1.807) is 24.3 Å². The molecular formula is C21H34ClN3O3. The topological polar surface area (TPSA) is 70.7 Å². The molecule has 0 aromatic heterocycles. The van der Waals surface area contributed by atoms with Crippen molar-refractivity contribution in [1.82, 2.24) is 15.5 Å². The lowest BCUT2D eigenvalue weighted by atomic mass is 9.95. The van der Waals surface area contributed by atoms with Crippen LogP contribution in [0.15, 0.2) is 24.3 Å². The van der Waals surface area contributed by atoms with Crippen LogP contribution in [0, 0.1) is 11.8 Å². The van der Waals surface area contributed by atoms with E-state index in [0.717, 1.165) is 38.2 Å². The Hall–Kier alpha value is -1.79. The SMILES string of the molecule is CCOc1ccc(C(=O)NC(C(=O)N2CCCC(CNC)C2)C(C)C)cc1.Cl. The lowest BCUT2D eigenvalue weighted by Gasteiger charge is -2.36. The van der Waals surface area contributed by atoms with Crippen LogP contribution in [-0.2, 0) is 4.79 Å². The first-order valence-electron chi connectivity index (χ1n) is 9.93. The number of ether oxygens (including phenoxy) is 1. The molecule has 1 aliphatic heterocycles. The molecule has 2 rings (SSSR count). The second-order valence-electron chi connectivity index (χ2n) is 7.50. The molecule has 2 atom stereocenters. The van der Waals surface area contributed by atoms with Gasteiger partial charge >= 0.3 is 0 Å². The first kappa shape index (κ1) is 24.2. The lowest BCUT2D eigenvalue weighted by Crippen LogP contribution is -2.54. The third-order valence-corrected chi connectivity index (χ3v) is 4.97. The second-order valence-corrected chi connectivity index (χ2v) is 7.50. The van der Waals surface area contributed by atoms with E-state index in [-0.39, 0.29) is 30.1 Å². The van der Waals surface area contributed by atoms with Crippen LogP contribution in [0.4, 0.5) is 0 Å². The van der Waals surface area contributed by atoms with E-state index in [1.165, 1.54) is 0 Å². The van der Waals surface area contributed by atoms with Crippen molar-refractivity contribution >= 4 is 24.2 Å². The van der Waals surface area contributed by atoms with Crippen LogP contribution in [0.3, 0.4) is 0 Å². The molecule has 0 saturated carbocycles. The molecule has 2 N–H and O–H groups in total. The summed E-state index contributed by atoms with van der Waals surface area (Å²) in [5, 5.41) is 6.14. The zero-order valence-corrected chi connectivity index (χ0v) is 18.2. The largest absolute Gasteiger partial charge is 0.494 e. The first-order valence-corrected chi connectivity index (χ1v) is 9.93. The Morgan fingerprint density at radius 1 is 1.25 bits per heavy atom. The predicted octanol–water partition coefficient (Wildman–Crippen LogP) is 2.72. The second kappa shape index (κ2) is 11.9. The minimum atomic E-state index is -0.516. The maximum Gasteiger partial charge on any atom is 0.251 e. The Balaban J connectivity index is 0.00000392. The highest BCUT2D eigenvalue weighted by Gasteiger charge is 2.31. The van der Waals surface area contributed by atoms with Crippen LogP contribution >= 0.6 is 12.4 Å². The molecule has 28 heavy (non-hydrogen) atoms. The molecule has 2 amide bonds. The third kappa shape index (κ3) is 6.67. The Morgan fingerprint density at radius 2 is 1.93 bits per heavy atom. The Kier molecular flexibility index (Phi) is 10.3. The van der Waals surface area contributed by atoms with Crippen molar-refractivity contribution in [3.05, 3.63) is 29.8 Å². The number of nitrogens with one attached hydrogen (secondary N) is 2. The molecule has 0 bridgehead atoms. The summed E-state index contributed by atoms with van der Waals surface area (Å²) in [6, 6.07) is 6.49. The van der Waals surface area contributed by atoms with Gasteiger partial charge in [-0.15, -0.1) is 12.4 Å². The van der Waals surface area contributed by atoms with Gasteiger partial charge in [0.1, 0.15) is 11.8 Å². The highest BCUT2D eigenvalue weighted by molar-refractivity contribution is 5.97. The Bertz CT molecular complexity index is 620. The van der Waals surface area contributed by atoms with Crippen LogP contribution in [0.5, 0.6) is 5.75 Å². The lowest BCUT2D eigenvalue weighted by molar-refractivity contribution is -0.136. The highest BCUT2D eigenvalue weighted by atomic mass is 35.5. The van der Waals surface area contributed by atoms with Crippen molar-refractivity contribution in [1.29, 1.82) is 0 Å². The van der Waals surface area contributed by atoms with Crippen molar-refractivity contribution < 1.29 is 14.3 Å². The summed E-state index contributed by atoms with van der Waals surface area (Å²) in [5.41, 5.74) is 0.531. The molecule has 1 aromatic carbocycles. The van der Waals surface area contributed by atoms with Crippen LogP contribution in [0.1, 0.15) is 44.0 Å². The highest BCUT2D eigenvalue weighted by Crippen LogP contribution is 2.19. The molecular weight excluding hydrogens is 378 g/mol. The molecule has 2 unspecified atom stereocenters. The Morgan fingerprint density at radius 3 is 2.50 bits per heavy atom. The number of piperidine rings is 1. The summed E-state index contributed by atoms with van der Waals surface area (Å²) in [6.45, 7) is 8.87. The molecule has 6 nitrogen and oxygen atoms in total. The Labute approximate surface area is 174 Å². The molecule has 1 saturated heterocycles. The smallest absolute Gasteiger partial charge is 0.251 e. The van der Waals surface area contributed by atoms with Gasteiger partial charge in [-0.25, -0.2) is 0 Å². The van der Waals surface area contributed by atoms with Gasteiger partial charge in [-0.05, 0) is 69.5 Å². The molecule has 158 valence electrons. The van der Waals surface area contributed by atoms with E-state index in [2.05, 4.69) is 10.6 Å². The maximum absolute atomic E-state index is 13.1. The zero-order valence-electron chi connectivity index (χ0n) is 17.4. The third-order valence-electron chi connectivity index (χ3n) is 4.97. The van der Waals surface area contributed by atoms with E-state index in [4.69, 9.17) is 4.74 Å². The summed E-state index contributed by atoms with van der Waals surface area (Å²) in [5.74, 6) is 1.02. The molecule has 0 spiro atoms. The van der Waals surface area contributed by atoms with Gasteiger partial charge in [0, 0.05) is 18.7 Å². The van der Waals surface area contributed by atoms with Gasteiger partial charge < -0.3 is 20.3 Å². The molecule has 1 heterocycles. The molecule has 1 fully saturated rings. The van der Waals surface area contributed by atoms with E-state index >= 15 is 0 Å². The number of hydrogen-bond acceptors (Lipinski definition) is 4. The number of benzene rings is 1. The minimum absolute atomic E-state index is 0. The first-order chi connectivity index (χ1) is 13.0. The number of carbonyl (C=O) groups is 2. The van der Waals surface area contributed by atoms with Gasteiger partial charge in [0.2, 0.25) is 5.91 Å². The molecule has 0 radical (unpaired) electrons. The summed E-state index contributed by atoms with van der Waals surface area (Å²) in [6.07, 6.45) is 2.14. The van der Waals surface area contributed by atoms with E-state index in [0.29, 0.717) is 18.1 Å². The average molecular weight is 412 g/mol. The normalized spacial score (nSPS) is 17.6. The fraction of sp³-hybridized carbons (Fsp3) is 0.619. The van der Waals surface area contributed by atoms with Crippen molar-refractivity contribution in [2.75, 3.05) is 33.3 Å². The maximum atomic E-state index is 13.1. The van der Waals surface area contributed by atoms with Gasteiger partial charge in [-0.1, -0.05) is 13.8 Å². The number of halogens is 1. The average Bonchev–Trinajstić information content (AvgIpc) is 2.66. The number of rotatable bonds is 8. The van der Waals surface area contributed by atoms with E-state index in [1.807, 2.05) is 32.7 Å². The predicted molar refractivity (Wildman–Crippen MR) is 114 cm³/mol. The standard InChI is InChI=1S/C21H33N3O3.ClH/c1-5-27-18-10-8-17(9-11-18)20(25)23-19(15(2)3)21(26)24-12-6-7-16(14-24)13-22-4;/h8-11,15-16,19,22H,5-7,12-14H2,1-4H3,(H,23,25);1H. The van der Waals surface area contributed by atoms with Gasteiger partial charge in [-0.3, -0.25) is 9.59 Å². The van der Waals surface area contributed by atoms with Crippen molar-refractivity contribution in [2.24, 2.45) is 11.8 Å². The number of likely N-dealkylation sites (tertiary alicyclic amines) is 1. The summed E-state index contributed by atoms with van der Waals surface area (Å²) >= 11 is 0. The summed E-state index contributed by atoms with van der Waals surface area (Å²) in [7, 11) is 1.94. The van der Waals surface area contributed by atoms with Crippen molar-refractivity contribution in [3.8, 4) is 5.75 Å². The number of nitrogens with zero attached hydrogens (tertiary/aromatic N) is 1. The molecule has 0 aliphatic carbocycles. The van der Waals surface area contributed by atoms with Crippen LogP contribution < -0.4 is 15.4 Å². The number of hydrogen-bond donors (Lipinski definition) is 2. The fourth-order valence-electron chi connectivity index (χ4n) is 3.52. The monoisotopic (exact) mass is 411 g/mol. The van der Waals surface area contributed by atoms with Crippen molar-refractivity contribution in [3.63, 3.8) is 0 Å². The van der Waals surface area contributed by atoms with Gasteiger partial charge in [0.05, 0.1) is 6.61 Å². The van der Waals surface area contributed by atoms with Crippen molar-refractivity contribution in [2.45, 2.75) is 39.7 Å². The summed E-state index contributed by atoms with van der Waals surface area (Å²) in [4.78, 5) is 27.6. The minimum Gasteiger partial charge on any atom is -0.494 e. The fourth-order valence-corrected chi connectivity index (χ4v) is 3.52. The van der Waals surface area contributed by atoms with E-state index in [9.17, 15) is 9.59 Å². The molecule has 7 heteroatoms. The van der Waals surface area contributed by atoms with Gasteiger partial charge in [0.15, 0.2) is 0 Å². The number of carbonyl (C=O) groups excluding carboxylic acids is 2.